The van der Waals surface area contributed by atoms with Crippen molar-refractivity contribution in [3.63, 3.8) is 0 Å². The molecule has 134 valence electrons. The van der Waals surface area contributed by atoms with Crippen LogP contribution >= 0.6 is 0 Å². The summed E-state index contributed by atoms with van der Waals surface area (Å²) in [4.78, 5) is 12.3. The number of carbonyl (C=O) groups excluding carboxylic acids is 1. The summed E-state index contributed by atoms with van der Waals surface area (Å²) in [5.41, 5.74) is 0.0406. The Kier molecular flexibility index (Phi) is 5.49. The smallest absolute Gasteiger partial charge is 0.315 e. The minimum Gasteiger partial charge on any atom is -0.466 e. The highest BCUT2D eigenvalue weighted by molar-refractivity contribution is 5.74. The zero-order valence-electron chi connectivity index (χ0n) is 14.9. The molecule has 1 saturated heterocycles. The number of hydrogen-bond acceptors (Lipinski definition) is 3. The van der Waals surface area contributed by atoms with Gasteiger partial charge in [0.1, 0.15) is 11.5 Å². The van der Waals surface area contributed by atoms with Crippen LogP contribution in [0.5, 0.6) is 0 Å². The number of ether oxygens (including phenoxy) is 1. The van der Waals surface area contributed by atoms with Crippen LogP contribution in [0.15, 0.2) is 16.5 Å². The monoisotopic (exact) mass is 334 g/mol. The van der Waals surface area contributed by atoms with Crippen molar-refractivity contribution in [1.29, 1.82) is 0 Å². The predicted octanol–water partition coefficient (Wildman–Crippen LogP) is 3.70. The molecule has 5 nitrogen and oxygen atoms in total. The molecule has 1 spiro atoms. The molecule has 3 rings (SSSR count). The van der Waals surface area contributed by atoms with Gasteiger partial charge in [0, 0.05) is 25.1 Å². The van der Waals surface area contributed by atoms with Crippen molar-refractivity contribution in [2.75, 3.05) is 6.61 Å². The molecule has 0 bridgehead atoms. The van der Waals surface area contributed by atoms with Crippen LogP contribution in [0.4, 0.5) is 4.79 Å². The van der Waals surface area contributed by atoms with Crippen LogP contribution in [-0.4, -0.2) is 30.3 Å². The Morgan fingerprint density at radius 3 is 2.88 bits per heavy atom. The van der Waals surface area contributed by atoms with Gasteiger partial charge >= 0.3 is 6.03 Å². The van der Waals surface area contributed by atoms with Crippen LogP contribution in [0.3, 0.4) is 0 Å². The fraction of sp³-hybridized carbons (Fsp3) is 0.737. The highest BCUT2D eigenvalue weighted by Gasteiger charge is 2.40. The molecule has 2 amide bonds. The second-order valence-corrected chi connectivity index (χ2v) is 7.50. The number of hydrogen-bond donors (Lipinski definition) is 2. The summed E-state index contributed by atoms with van der Waals surface area (Å²) < 4.78 is 11.6. The number of nitrogens with one attached hydrogen (secondary N) is 2. The summed E-state index contributed by atoms with van der Waals surface area (Å²) in [5, 5.41) is 6.20. The molecule has 1 aromatic rings. The van der Waals surface area contributed by atoms with Crippen molar-refractivity contribution in [3.05, 3.63) is 23.7 Å². The lowest BCUT2D eigenvalue weighted by molar-refractivity contribution is -0.0820. The molecule has 0 unspecified atom stereocenters. The summed E-state index contributed by atoms with van der Waals surface area (Å²) in [7, 11) is 0. The van der Waals surface area contributed by atoms with Crippen LogP contribution in [0.1, 0.15) is 63.4 Å². The second-order valence-electron chi connectivity index (χ2n) is 7.50. The summed E-state index contributed by atoms with van der Waals surface area (Å²) in [6, 6.07) is 4.28. The lowest BCUT2D eigenvalue weighted by atomic mass is 9.89. The van der Waals surface area contributed by atoms with Crippen molar-refractivity contribution in [2.24, 2.45) is 0 Å². The molecule has 2 heterocycles. The predicted molar refractivity (Wildman–Crippen MR) is 93.1 cm³/mol. The number of urea groups is 1. The third-order valence-corrected chi connectivity index (χ3v) is 5.34. The Balaban J connectivity index is 1.39. The molecule has 1 aromatic heterocycles. The Labute approximate surface area is 144 Å². The van der Waals surface area contributed by atoms with E-state index in [1.54, 1.807) is 0 Å². The lowest BCUT2D eigenvalue weighted by Gasteiger charge is -2.38. The van der Waals surface area contributed by atoms with Crippen molar-refractivity contribution < 1.29 is 13.9 Å². The minimum atomic E-state index is -0.0572. The second kappa shape index (κ2) is 7.60. The Morgan fingerprint density at radius 1 is 1.38 bits per heavy atom. The molecular weight excluding hydrogens is 304 g/mol. The van der Waals surface area contributed by atoms with Gasteiger partial charge in [-0.25, -0.2) is 4.79 Å². The Bertz CT molecular complexity index is 549. The fourth-order valence-corrected chi connectivity index (χ4v) is 4.02. The first kappa shape index (κ1) is 17.3. The molecule has 0 radical (unpaired) electrons. The summed E-state index contributed by atoms with van der Waals surface area (Å²) in [5.74, 6) is 1.91. The summed E-state index contributed by atoms with van der Waals surface area (Å²) >= 11 is 0. The van der Waals surface area contributed by atoms with Gasteiger partial charge in [-0.05, 0) is 58.1 Å². The fourth-order valence-electron chi connectivity index (χ4n) is 4.02. The zero-order chi connectivity index (χ0) is 17.0. The average Bonchev–Trinajstić information content (AvgIpc) is 3.14. The van der Waals surface area contributed by atoms with Gasteiger partial charge in [0.15, 0.2) is 0 Å². The van der Waals surface area contributed by atoms with Gasteiger partial charge in [0.25, 0.3) is 0 Å². The van der Waals surface area contributed by atoms with Crippen LogP contribution in [0, 0.1) is 6.92 Å². The topological polar surface area (TPSA) is 63.5 Å². The van der Waals surface area contributed by atoms with Crippen molar-refractivity contribution in [2.45, 2.75) is 82.9 Å². The van der Waals surface area contributed by atoms with Crippen LogP contribution in [0.25, 0.3) is 0 Å². The largest absolute Gasteiger partial charge is 0.466 e. The third-order valence-electron chi connectivity index (χ3n) is 5.34. The van der Waals surface area contributed by atoms with Gasteiger partial charge in [-0.1, -0.05) is 12.8 Å². The quantitative estimate of drug-likeness (QED) is 0.863. The van der Waals surface area contributed by atoms with Crippen LogP contribution < -0.4 is 10.6 Å². The number of rotatable bonds is 5. The van der Waals surface area contributed by atoms with Crippen LogP contribution in [-0.2, 0) is 11.2 Å². The van der Waals surface area contributed by atoms with Gasteiger partial charge in [0.2, 0.25) is 0 Å². The average molecular weight is 334 g/mol. The van der Waals surface area contributed by atoms with E-state index in [9.17, 15) is 4.79 Å². The molecular formula is C19H30N2O3. The van der Waals surface area contributed by atoms with Crippen molar-refractivity contribution >= 4 is 6.03 Å². The van der Waals surface area contributed by atoms with E-state index >= 15 is 0 Å². The Morgan fingerprint density at radius 2 is 2.17 bits per heavy atom. The van der Waals surface area contributed by atoms with E-state index in [-0.39, 0.29) is 23.7 Å². The molecule has 1 saturated carbocycles. The van der Waals surface area contributed by atoms with E-state index in [0.29, 0.717) is 0 Å². The van der Waals surface area contributed by atoms with E-state index in [0.717, 1.165) is 56.7 Å². The molecule has 5 heteroatoms. The van der Waals surface area contributed by atoms with Crippen molar-refractivity contribution in [1.82, 2.24) is 10.6 Å². The maximum Gasteiger partial charge on any atom is 0.315 e. The molecule has 0 aromatic carbocycles. The van der Waals surface area contributed by atoms with Gasteiger partial charge in [-0.2, -0.15) is 0 Å². The summed E-state index contributed by atoms with van der Waals surface area (Å²) in [6.07, 6.45) is 8.38. The van der Waals surface area contributed by atoms with Crippen LogP contribution in [0.2, 0.25) is 0 Å². The van der Waals surface area contributed by atoms with Gasteiger partial charge < -0.3 is 19.8 Å². The normalized spacial score (nSPS) is 24.0. The van der Waals surface area contributed by atoms with Gasteiger partial charge in [-0.15, -0.1) is 0 Å². The van der Waals surface area contributed by atoms with E-state index in [1.807, 2.05) is 26.0 Å². The number of carbonyl (C=O) groups is 1. The van der Waals surface area contributed by atoms with Gasteiger partial charge in [-0.3, -0.25) is 0 Å². The maximum atomic E-state index is 12.3. The highest BCUT2D eigenvalue weighted by atomic mass is 16.5. The van der Waals surface area contributed by atoms with E-state index in [1.165, 1.54) is 12.8 Å². The molecule has 2 fully saturated rings. The molecule has 24 heavy (non-hydrogen) atoms. The standard InChI is InChI=1S/C19H30N2O3/c1-14(5-7-17-8-6-15(2)24-17)20-18(22)21-16-9-12-23-19(13-16)10-3-4-11-19/h6,8,14,16H,3-5,7,9-13H2,1-2H3,(H2,20,21,22)/t14-,16-/m1/s1. The number of amides is 2. The molecule has 2 N–H and O–H groups in total. The number of furan rings is 1. The highest BCUT2D eigenvalue weighted by Crippen LogP contribution is 2.39. The molecule has 1 aliphatic carbocycles. The maximum absolute atomic E-state index is 12.3. The minimum absolute atomic E-state index is 0.0406. The first-order valence-electron chi connectivity index (χ1n) is 9.31. The summed E-state index contributed by atoms with van der Waals surface area (Å²) in [6.45, 7) is 4.75. The Hall–Kier alpha value is -1.49. The van der Waals surface area contributed by atoms with E-state index in [2.05, 4.69) is 10.6 Å². The van der Waals surface area contributed by atoms with E-state index < -0.39 is 0 Å². The first-order chi connectivity index (χ1) is 11.5. The molecule has 2 aliphatic rings. The first-order valence-corrected chi connectivity index (χ1v) is 9.31. The van der Waals surface area contributed by atoms with Gasteiger partial charge in [0.05, 0.1) is 5.60 Å². The third kappa shape index (κ3) is 4.53. The zero-order valence-corrected chi connectivity index (χ0v) is 14.9. The van der Waals surface area contributed by atoms with E-state index in [4.69, 9.17) is 9.15 Å². The SMILES string of the molecule is Cc1ccc(CC[C@@H](C)NC(=O)N[C@@H]2CCOC3(CCCC3)C2)o1. The van der Waals surface area contributed by atoms with Crippen molar-refractivity contribution in [3.8, 4) is 0 Å². The molecule has 1 aliphatic heterocycles. The molecule has 2 atom stereocenters. The number of aryl methyl sites for hydroxylation is 2. The lowest BCUT2D eigenvalue weighted by Crippen LogP contribution is -2.51.